The van der Waals surface area contributed by atoms with Crippen LogP contribution in [-0.2, 0) is 10.0 Å². The van der Waals surface area contributed by atoms with Gasteiger partial charge in [0.15, 0.2) is 0 Å². The number of rotatable bonds is 5. The maximum Gasteiger partial charge on any atom is 0.242 e. The van der Waals surface area contributed by atoms with Crippen LogP contribution in [0.25, 0.3) is 0 Å². The second-order valence-electron chi connectivity index (χ2n) is 5.22. The van der Waals surface area contributed by atoms with Gasteiger partial charge >= 0.3 is 0 Å². The zero-order chi connectivity index (χ0) is 15.7. The second kappa shape index (κ2) is 6.32. The SMILES string of the molecule is CSC1(CNS(=O)(=O)c2cc(N)c(F)cc2Cl)CCCC1. The minimum Gasteiger partial charge on any atom is -0.396 e. The minimum atomic E-state index is -3.81. The van der Waals surface area contributed by atoms with Gasteiger partial charge in [0.05, 0.1) is 10.7 Å². The number of nitrogens with two attached hydrogens (primary N) is 1. The molecule has 0 radical (unpaired) electrons. The summed E-state index contributed by atoms with van der Waals surface area (Å²) in [5.41, 5.74) is 5.19. The van der Waals surface area contributed by atoms with Crippen molar-refractivity contribution in [2.75, 3.05) is 18.5 Å². The lowest BCUT2D eigenvalue weighted by Crippen LogP contribution is -2.38. The van der Waals surface area contributed by atoms with Crippen molar-refractivity contribution in [2.45, 2.75) is 35.3 Å². The van der Waals surface area contributed by atoms with Crippen LogP contribution in [0.4, 0.5) is 10.1 Å². The fraction of sp³-hybridized carbons (Fsp3) is 0.538. The summed E-state index contributed by atoms with van der Waals surface area (Å²) in [6, 6.07) is 1.98. The Labute approximate surface area is 133 Å². The molecule has 0 spiro atoms. The molecular weight excluding hydrogens is 335 g/mol. The van der Waals surface area contributed by atoms with Crippen LogP contribution in [0.3, 0.4) is 0 Å². The second-order valence-corrected chi connectivity index (χ2v) is 8.64. The van der Waals surface area contributed by atoms with E-state index < -0.39 is 15.8 Å². The zero-order valence-electron chi connectivity index (χ0n) is 11.7. The first-order chi connectivity index (χ1) is 9.80. The summed E-state index contributed by atoms with van der Waals surface area (Å²) in [5.74, 6) is -0.727. The standard InChI is InChI=1S/C13H18ClFN2O2S2/c1-20-13(4-2-3-5-13)8-17-21(18,19)12-7-11(16)10(15)6-9(12)14/h6-7,17H,2-5,8,16H2,1H3. The summed E-state index contributed by atoms with van der Waals surface area (Å²) < 4.78 is 40.5. The van der Waals surface area contributed by atoms with E-state index in [0.717, 1.165) is 37.8 Å². The lowest BCUT2D eigenvalue weighted by atomic mass is 10.1. The number of nitrogen functional groups attached to an aromatic ring is 1. The molecule has 8 heteroatoms. The molecule has 0 heterocycles. The van der Waals surface area contributed by atoms with Crippen LogP contribution < -0.4 is 10.5 Å². The van der Waals surface area contributed by atoms with E-state index in [1.54, 1.807) is 11.8 Å². The number of hydrogen-bond acceptors (Lipinski definition) is 4. The van der Waals surface area contributed by atoms with Crippen LogP contribution in [0, 0.1) is 5.82 Å². The predicted octanol–water partition coefficient (Wildman–Crippen LogP) is 3.02. The molecule has 2 rings (SSSR count). The number of sulfonamides is 1. The summed E-state index contributed by atoms with van der Waals surface area (Å²) in [6.07, 6.45) is 6.16. The summed E-state index contributed by atoms with van der Waals surface area (Å²) in [6.45, 7) is 0.337. The molecule has 4 nitrogen and oxygen atoms in total. The zero-order valence-corrected chi connectivity index (χ0v) is 14.0. The third kappa shape index (κ3) is 3.64. The molecule has 0 atom stereocenters. The molecule has 0 unspecified atom stereocenters. The number of thioether (sulfide) groups is 1. The Morgan fingerprint density at radius 1 is 1.43 bits per heavy atom. The molecular formula is C13H18ClFN2O2S2. The monoisotopic (exact) mass is 352 g/mol. The maximum atomic E-state index is 13.3. The van der Waals surface area contributed by atoms with Gasteiger partial charge in [0, 0.05) is 11.3 Å². The normalized spacial score (nSPS) is 18.0. The molecule has 1 aromatic carbocycles. The van der Waals surface area contributed by atoms with Gasteiger partial charge in [-0.2, -0.15) is 11.8 Å². The Hall–Kier alpha value is -0.500. The van der Waals surface area contributed by atoms with E-state index in [1.165, 1.54) is 0 Å². The number of hydrogen-bond donors (Lipinski definition) is 2. The Balaban J connectivity index is 2.21. The van der Waals surface area contributed by atoms with Gasteiger partial charge in [-0.15, -0.1) is 0 Å². The lowest BCUT2D eigenvalue weighted by Gasteiger charge is -2.26. The van der Waals surface area contributed by atoms with Crippen molar-refractivity contribution >= 4 is 39.1 Å². The summed E-state index contributed by atoms with van der Waals surface area (Å²) in [7, 11) is -3.81. The Kier molecular flexibility index (Phi) is 5.07. The van der Waals surface area contributed by atoms with Gasteiger partial charge in [0.2, 0.25) is 10.0 Å². The van der Waals surface area contributed by atoms with E-state index in [4.69, 9.17) is 17.3 Å². The molecule has 0 bridgehead atoms. The van der Waals surface area contributed by atoms with Crippen LogP contribution in [0.15, 0.2) is 17.0 Å². The van der Waals surface area contributed by atoms with Crippen LogP contribution in [-0.4, -0.2) is 26.0 Å². The van der Waals surface area contributed by atoms with Gasteiger partial charge < -0.3 is 5.73 Å². The van der Waals surface area contributed by atoms with Gasteiger partial charge in [-0.3, -0.25) is 0 Å². The molecule has 118 valence electrons. The molecule has 1 saturated carbocycles. The Bertz CT molecular complexity index is 631. The first-order valence-electron chi connectivity index (χ1n) is 6.59. The number of halogens is 2. The van der Waals surface area contributed by atoms with Gasteiger partial charge in [0.1, 0.15) is 10.7 Å². The quantitative estimate of drug-likeness (QED) is 0.799. The average Bonchev–Trinajstić information content (AvgIpc) is 2.90. The predicted molar refractivity (Wildman–Crippen MR) is 85.7 cm³/mol. The van der Waals surface area contributed by atoms with Crippen molar-refractivity contribution in [3.8, 4) is 0 Å². The van der Waals surface area contributed by atoms with E-state index in [1.807, 2.05) is 6.26 Å². The first-order valence-corrected chi connectivity index (χ1v) is 9.68. The van der Waals surface area contributed by atoms with E-state index in [0.29, 0.717) is 6.54 Å². The third-order valence-corrected chi connectivity index (χ3v) is 7.16. The van der Waals surface area contributed by atoms with Crippen molar-refractivity contribution in [3.05, 3.63) is 23.0 Å². The first kappa shape index (κ1) is 16.9. The minimum absolute atomic E-state index is 0.0644. The van der Waals surface area contributed by atoms with Gasteiger partial charge in [-0.25, -0.2) is 17.5 Å². The third-order valence-electron chi connectivity index (χ3n) is 3.87. The highest BCUT2D eigenvalue weighted by atomic mass is 35.5. The van der Waals surface area contributed by atoms with Gasteiger partial charge in [-0.1, -0.05) is 24.4 Å². The van der Waals surface area contributed by atoms with Crippen molar-refractivity contribution in [1.82, 2.24) is 4.72 Å². The van der Waals surface area contributed by atoms with Crippen LogP contribution in [0.1, 0.15) is 25.7 Å². The summed E-state index contributed by atoms with van der Waals surface area (Å²) >= 11 is 7.51. The molecule has 1 aliphatic carbocycles. The smallest absolute Gasteiger partial charge is 0.242 e. The lowest BCUT2D eigenvalue weighted by molar-refractivity contribution is 0.551. The molecule has 0 amide bonds. The van der Waals surface area contributed by atoms with Crippen molar-refractivity contribution in [3.63, 3.8) is 0 Å². The Morgan fingerprint density at radius 3 is 2.62 bits per heavy atom. The van der Waals surface area contributed by atoms with E-state index in [2.05, 4.69) is 4.72 Å². The molecule has 3 N–H and O–H groups in total. The molecule has 1 aromatic rings. The van der Waals surface area contributed by atoms with E-state index >= 15 is 0 Å². The van der Waals surface area contributed by atoms with Crippen molar-refractivity contribution < 1.29 is 12.8 Å². The van der Waals surface area contributed by atoms with Crippen LogP contribution in [0.5, 0.6) is 0 Å². The van der Waals surface area contributed by atoms with Gasteiger partial charge in [0.25, 0.3) is 0 Å². The molecule has 0 aromatic heterocycles. The Morgan fingerprint density at radius 2 is 2.05 bits per heavy atom. The maximum absolute atomic E-state index is 13.3. The van der Waals surface area contributed by atoms with Crippen LogP contribution >= 0.6 is 23.4 Å². The van der Waals surface area contributed by atoms with Crippen LogP contribution in [0.2, 0.25) is 5.02 Å². The molecule has 1 fully saturated rings. The van der Waals surface area contributed by atoms with E-state index in [-0.39, 0.29) is 20.4 Å². The summed E-state index contributed by atoms with van der Waals surface area (Å²) in [5, 5.41) is -0.168. The highest BCUT2D eigenvalue weighted by Gasteiger charge is 2.34. The van der Waals surface area contributed by atoms with Gasteiger partial charge in [-0.05, 0) is 31.2 Å². The van der Waals surface area contributed by atoms with Crippen molar-refractivity contribution in [1.29, 1.82) is 0 Å². The molecule has 0 aliphatic heterocycles. The highest BCUT2D eigenvalue weighted by molar-refractivity contribution is 8.00. The number of anilines is 1. The fourth-order valence-electron chi connectivity index (χ4n) is 2.53. The van der Waals surface area contributed by atoms with E-state index in [9.17, 15) is 12.8 Å². The average molecular weight is 353 g/mol. The number of benzene rings is 1. The molecule has 0 saturated heterocycles. The number of nitrogens with one attached hydrogen (secondary N) is 1. The van der Waals surface area contributed by atoms with Crippen molar-refractivity contribution in [2.24, 2.45) is 0 Å². The fourth-order valence-corrected chi connectivity index (χ4v) is 5.21. The molecule has 21 heavy (non-hydrogen) atoms. The summed E-state index contributed by atoms with van der Waals surface area (Å²) in [4.78, 5) is -0.183. The molecule has 1 aliphatic rings. The largest absolute Gasteiger partial charge is 0.396 e. The topological polar surface area (TPSA) is 72.2 Å². The highest BCUT2D eigenvalue weighted by Crippen LogP contribution is 2.40.